The van der Waals surface area contributed by atoms with E-state index >= 15 is 0 Å². The lowest BCUT2D eigenvalue weighted by atomic mass is 9.93. The van der Waals surface area contributed by atoms with Gasteiger partial charge in [0.05, 0.1) is 11.9 Å². The van der Waals surface area contributed by atoms with Gasteiger partial charge in [-0.2, -0.15) is 8.78 Å². The van der Waals surface area contributed by atoms with E-state index in [1.54, 1.807) is 6.20 Å². The molecular formula is C19H17ClF3N7O. The number of hydrogen-bond donors (Lipinski definition) is 2. The summed E-state index contributed by atoms with van der Waals surface area (Å²) in [6.45, 7) is -1.43. The van der Waals surface area contributed by atoms with Crippen LogP contribution in [0.5, 0.6) is 5.75 Å². The van der Waals surface area contributed by atoms with Crippen LogP contribution in [0.1, 0.15) is 12.8 Å². The molecule has 5 heterocycles. The quantitative estimate of drug-likeness (QED) is 0.609. The molecule has 3 aliphatic rings. The van der Waals surface area contributed by atoms with Crippen molar-refractivity contribution >= 4 is 40.1 Å². The number of aromatic nitrogens is 4. The zero-order chi connectivity index (χ0) is 21.5. The number of nitrogens with zero attached hydrogens (tertiary/aromatic N) is 5. The molecule has 0 unspecified atom stereocenters. The van der Waals surface area contributed by atoms with Crippen molar-refractivity contribution in [3.8, 4) is 5.75 Å². The molecule has 3 aromatic rings. The highest BCUT2D eigenvalue weighted by atomic mass is 35.5. The number of benzene rings is 1. The van der Waals surface area contributed by atoms with Crippen LogP contribution in [-0.4, -0.2) is 51.7 Å². The first kappa shape index (κ1) is 20.0. The molecule has 0 amide bonds. The Balaban J connectivity index is 1.48. The van der Waals surface area contributed by atoms with Crippen LogP contribution < -0.4 is 20.3 Å². The average Bonchev–Trinajstić information content (AvgIpc) is 2.79. The summed E-state index contributed by atoms with van der Waals surface area (Å²) in [5, 5.41) is 5.75. The number of piperidine rings is 2. The van der Waals surface area contributed by atoms with Crippen molar-refractivity contribution in [2.45, 2.75) is 31.5 Å². The second kappa shape index (κ2) is 7.97. The van der Waals surface area contributed by atoms with Gasteiger partial charge in [0.1, 0.15) is 28.1 Å². The molecule has 0 aliphatic carbocycles. The Hall–Kier alpha value is -2.92. The highest BCUT2D eigenvalue weighted by molar-refractivity contribution is 6.32. The second-order valence-electron chi connectivity index (χ2n) is 7.36. The fourth-order valence-electron chi connectivity index (χ4n) is 3.97. The number of hydrogen-bond acceptors (Lipinski definition) is 8. The lowest BCUT2D eigenvalue weighted by molar-refractivity contribution is -0.0499. The summed E-state index contributed by atoms with van der Waals surface area (Å²) in [5.74, 6) is -0.599. The molecule has 3 saturated heterocycles. The third-order valence-corrected chi connectivity index (χ3v) is 5.84. The molecule has 3 aliphatic heterocycles. The van der Waals surface area contributed by atoms with Crippen molar-refractivity contribution in [1.29, 1.82) is 0 Å². The van der Waals surface area contributed by atoms with Crippen LogP contribution in [0.15, 0.2) is 24.7 Å². The first-order valence-corrected chi connectivity index (χ1v) is 10.0. The van der Waals surface area contributed by atoms with E-state index < -0.39 is 23.2 Å². The maximum atomic E-state index is 14.7. The number of piperazine rings is 1. The molecule has 0 radical (unpaired) electrons. The lowest BCUT2D eigenvalue weighted by Crippen LogP contribution is -2.61. The van der Waals surface area contributed by atoms with Crippen LogP contribution in [0, 0.1) is 5.82 Å². The van der Waals surface area contributed by atoms with Gasteiger partial charge < -0.3 is 20.3 Å². The topological polar surface area (TPSA) is 88.1 Å². The summed E-state index contributed by atoms with van der Waals surface area (Å²) < 4.78 is 43.8. The molecule has 0 spiro atoms. The molecule has 8 nitrogen and oxygen atoms in total. The Morgan fingerprint density at radius 1 is 1.23 bits per heavy atom. The SMILES string of the molecule is Fc1c(Nc2ncnc3cnc(N4C[C@H]5CC[C@@H]4CN5)nc23)ccc(OC(F)F)c1Cl. The molecule has 6 rings (SSSR count). The van der Waals surface area contributed by atoms with E-state index in [1.807, 2.05) is 0 Å². The minimum absolute atomic E-state index is 0.0620. The third-order valence-electron chi connectivity index (χ3n) is 5.49. The first-order valence-electron chi connectivity index (χ1n) is 9.67. The predicted octanol–water partition coefficient (Wildman–Crippen LogP) is 3.50. The van der Waals surface area contributed by atoms with E-state index in [-0.39, 0.29) is 11.5 Å². The normalized spacial score (nSPS) is 20.5. The summed E-state index contributed by atoms with van der Waals surface area (Å²) in [7, 11) is 0. The molecule has 12 heteroatoms. The van der Waals surface area contributed by atoms with Gasteiger partial charge in [-0.25, -0.2) is 24.3 Å². The summed E-state index contributed by atoms with van der Waals surface area (Å²) in [6, 6.07) is 3.10. The third kappa shape index (κ3) is 3.79. The second-order valence-corrected chi connectivity index (χ2v) is 7.74. The van der Waals surface area contributed by atoms with E-state index in [1.165, 1.54) is 12.4 Å². The van der Waals surface area contributed by atoms with Gasteiger partial charge in [-0.3, -0.25) is 0 Å². The van der Waals surface area contributed by atoms with Crippen molar-refractivity contribution in [2.75, 3.05) is 23.3 Å². The molecular weight excluding hydrogens is 435 g/mol. The maximum absolute atomic E-state index is 14.7. The minimum Gasteiger partial charge on any atom is -0.433 e. The summed E-state index contributed by atoms with van der Waals surface area (Å²) >= 11 is 5.85. The largest absolute Gasteiger partial charge is 0.433 e. The summed E-state index contributed by atoms with van der Waals surface area (Å²) in [6.07, 6.45) is 5.08. The average molecular weight is 452 g/mol. The summed E-state index contributed by atoms with van der Waals surface area (Å²) in [4.78, 5) is 19.6. The highest BCUT2D eigenvalue weighted by Gasteiger charge is 2.35. The molecule has 1 aromatic carbocycles. The molecule has 3 fully saturated rings. The Labute approximate surface area is 179 Å². The van der Waals surface area contributed by atoms with Crippen molar-refractivity contribution in [1.82, 2.24) is 25.3 Å². The van der Waals surface area contributed by atoms with Crippen molar-refractivity contribution < 1.29 is 17.9 Å². The number of anilines is 3. The predicted molar refractivity (Wildman–Crippen MR) is 109 cm³/mol. The van der Waals surface area contributed by atoms with E-state index in [0.717, 1.165) is 32.0 Å². The monoisotopic (exact) mass is 451 g/mol. The number of halogens is 4. The Kier molecular flexibility index (Phi) is 5.14. The van der Waals surface area contributed by atoms with Crippen LogP contribution in [0.4, 0.5) is 30.6 Å². The van der Waals surface area contributed by atoms with Crippen LogP contribution in [0.2, 0.25) is 5.02 Å². The van der Waals surface area contributed by atoms with Crippen LogP contribution in [-0.2, 0) is 0 Å². The van der Waals surface area contributed by atoms with Gasteiger partial charge >= 0.3 is 6.61 Å². The first-order chi connectivity index (χ1) is 15.0. The zero-order valence-electron chi connectivity index (χ0n) is 16.0. The minimum atomic E-state index is -3.11. The van der Waals surface area contributed by atoms with Gasteiger partial charge in [-0.1, -0.05) is 11.6 Å². The van der Waals surface area contributed by atoms with Crippen LogP contribution >= 0.6 is 11.6 Å². The Morgan fingerprint density at radius 2 is 2.10 bits per heavy atom. The molecule has 2 bridgehead atoms. The maximum Gasteiger partial charge on any atom is 0.387 e. The Morgan fingerprint density at radius 3 is 2.81 bits per heavy atom. The standard InChI is InChI=1S/C19H17ClF3N7O/c20-14-13(31-18(22)23)4-3-11(15(14)21)28-17-16-12(26-8-27-17)6-25-19(29-16)30-7-9-1-2-10(30)5-24-9/h3-4,6,8-10,18,24H,1-2,5,7H2,(H,26,27,28)/t9-,10-/m1/s1. The molecule has 162 valence electrons. The van der Waals surface area contributed by atoms with Gasteiger partial charge in [-0.05, 0) is 25.0 Å². The number of ether oxygens (including phenoxy) is 1. The van der Waals surface area contributed by atoms with Crippen molar-refractivity contribution in [3.05, 3.63) is 35.5 Å². The van der Waals surface area contributed by atoms with E-state index in [0.29, 0.717) is 29.1 Å². The number of rotatable bonds is 5. The van der Waals surface area contributed by atoms with E-state index in [2.05, 4.69) is 40.2 Å². The fraction of sp³-hybridized carbons (Fsp3) is 0.368. The lowest BCUT2D eigenvalue weighted by Gasteiger charge is -2.45. The molecule has 2 aromatic heterocycles. The van der Waals surface area contributed by atoms with Crippen LogP contribution in [0.3, 0.4) is 0 Å². The summed E-state index contributed by atoms with van der Waals surface area (Å²) in [5.41, 5.74) is 0.823. The number of alkyl halides is 2. The van der Waals surface area contributed by atoms with Crippen LogP contribution in [0.25, 0.3) is 11.0 Å². The van der Waals surface area contributed by atoms with Gasteiger partial charge in [-0.15, -0.1) is 0 Å². The van der Waals surface area contributed by atoms with Gasteiger partial charge in [0, 0.05) is 25.2 Å². The van der Waals surface area contributed by atoms with Gasteiger partial charge in [0.15, 0.2) is 11.6 Å². The molecule has 0 saturated carbocycles. The van der Waals surface area contributed by atoms with E-state index in [4.69, 9.17) is 11.6 Å². The molecule has 31 heavy (non-hydrogen) atoms. The molecule has 2 atom stereocenters. The van der Waals surface area contributed by atoms with Gasteiger partial charge in [0.2, 0.25) is 5.95 Å². The molecule has 2 N–H and O–H groups in total. The number of nitrogens with one attached hydrogen (secondary N) is 2. The van der Waals surface area contributed by atoms with E-state index in [9.17, 15) is 13.2 Å². The number of fused-ring (bicyclic) bond motifs is 4. The van der Waals surface area contributed by atoms with Crippen molar-refractivity contribution in [3.63, 3.8) is 0 Å². The van der Waals surface area contributed by atoms with Gasteiger partial charge in [0.25, 0.3) is 0 Å². The fourth-order valence-corrected chi connectivity index (χ4v) is 4.18. The smallest absolute Gasteiger partial charge is 0.387 e. The zero-order valence-corrected chi connectivity index (χ0v) is 16.8. The van der Waals surface area contributed by atoms with Crippen molar-refractivity contribution in [2.24, 2.45) is 0 Å². The Bertz CT molecular complexity index is 1130. The highest BCUT2D eigenvalue weighted by Crippen LogP contribution is 2.35.